The fourth-order valence-electron chi connectivity index (χ4n) is 1.74. The summed E-state index contributed by atoms with van der Waals surface area (Å²) >= 11 is 0. The minimum atomic E-state index is -0.355. The topological polar surface area (TPSA) is 48.1 Å². The van der Waals surface area contributed by atoms with Crippen LogP contribution in [0.5, 0.6) is 5.75 Å². The maximum atomic E-state index is 11.8. The quantitative estimate of drug-likeness (QED) is 0.575. The monoisotopic (exact) mass is 250 g/mol. The number of benzene rings is 1. The highest BCUT2D eigenvalue weighted by Crippen LogP contribution is 2.29. The normalized spacial score (nSPS) is 21.4. The molecule has 0 amide bonds. The molecule has 4 heteroatoms. The van der Waals surface area contributed by atoms with Gasteiger partial charge in [0.25, 0.3) is 0 Å². The summed E-state index contributed by atoms with van der Waals surface area (Å²) in [5, 5.41) is 0. The summed E-state index contributed by atoms with van der Waals surface area (Å²) in [7, 11) is 1.59. The Morgan fingerprint density at radius 3 is 2.67 bits per heavy atom. The lowest BCUT2D eigenvalue weighted by molar-refractivity contribution is 0.0297. The van der Waals surface area contributed by atoms with E-state index in [-0.39, 0.29) is 18.4 Å². The van der Waals surface area contributed by atoms with Crippen LogP contribution < -0.4 is 4.74 Å². The van der Waals surface area contributed by atoms with Gasteiger partial charge in [0.1, 0.15) is 11.9 Å². The summed E-state index contributed by atoms with van der Waals surface area (Å²) in [5.74, 6) is 0.372. The maximum Gasteiger partial charge on any atom is 0.340 e. The molecule has 1 aromatic carbocycles. The molecule has 1 aliphatic rings. The number of rotatable bonds is 6. The molecule has 18 heavy (non-hydrogen) atoms. The fraction of sp³-hybridized carbons (Fsp3) is 0.500. The summed E-state index contributed by atoms with van der Waals surface area (Å²) in [6.45, 7) is 2.13. The molecule has 0 aliphatic carbocycles. The van der Waals surface area contributed by atoms with Crippen LogP contribution in [-0.4, -0.2) is 25.5 Å². The van der Waals surface area contributed by atoms with Crippen molar-refractivity contribution >= 4 is 5.97 Å². The Kier molecular flexibility index (Phi) is 4.20. The molecule has 98 valence electrons. The average Bonchev–Trinajstić information content (AvgIpc) is 3.14. The molecular formula is C14H18O4. The van der Waals surface area contributed by atoms with Crippen molar-refractivity contribution < 1.29 is 19.0 Å². The number of unbranched alkanes of at least 4 members (excludes halogenated alkanes) is 1. The predicted molar refractivity (Wildman–Crippen MR) is 66.6 cm³/mol. The lowest BCUT2D eigenvalue weighted by Crippen LogP contribution is -2.09. The van der Waals surface area contributed by atoms with Crippen molar-refractivity contribution in [3.63, 3.8) is 0 Å². The molecule has 0 unspecified atom stereocenters. The predicted octanol–water partition coefficient (Wildman–Crippen LogP) is 2.77. The van der Waals surface area contributed by atoms with Gasteiger partial charge in [-0.25, -0.2) is 4.79 Å². The summed E-state index contributed by atoms with van der Waals surface area (Å²) in [6.07, 6.45) is 2.91. The standard InChI is InChI=1S/C14H18O4/c1-3-4-5-12-14(17-12)18-13(15)10-6-8-11(16-2)9-7-10/h6-9,12,14H,3-5H2,1-2H3/t12-,14+/m0/s1. The van der Waals surface area contributed by atoms with Crippen LogP contribution in [0.25, 0.3) is 0 Å². The second kappa shape index (κ2) is 5.87. The van der Waals surface area contributed by atoms with Crippen LogP contribution in [0.2, 0.25) is 0 Å². The zero-order valence-electron chi connectivity index (χ0n) is 10.7. The van der Waals surface area contributed by atoms with Crippen molar-refractivity contribution in [3.05, 3.63) is 29.8 Å². The van der Waals surface area contributed by atoms with Crippen LogP contribution in [0.4, 0.5) is 0 Å². The Labute approximate surface area is 107 Å². The molecule has 0 N–H and O–H groups in total. The minimum absolute atomic E-state index is 0.0900. The van der Waals surface area contributed by atoms with Crippen molar-refractivity contribution in [1.29, 1.82) is 0 Å². The fourth-order valence-corrected chi connectivity index (χ4v) is 1.74. The van der Waals surface area contributed by atoms with E-state index in [1.165, 1.54) is 0 Å². The van der Waals surface area contributed by atoms with Crippen LogP contribution in [0.3, 0.4) is 0 Å². The molecule has 0 radical (unpaired) electrons. The number of methoxy groups -OCH3 is 1. The lowest BCUT2D eigenvalue weighted by atomic mass is 10.2. The molecule has 4 nitrogen and oxygen atoms in total. The van der Waals surface area contributed by atoms with Crippen molar-refractivity contribution in [2.75, 3.05) is 7.11 Å². The summed E-state index contributed by atoms with van der Waals surface area (Å²) < 4.78 is 15.5. The molecule has 1 fully saturated rings. The molecule has 0 aromatic heterocycles. The Hall–Kier alpha value is -1.55. The van der Waals surface area contributed by atoms with E-state index in [9.17, 15) is 4.79 Å². The van der Waals surface area contributed by atoms with Gasteiger partial charge in [-0.2, -0.15) is 0 Å². The van der Waals surface area contributed by atoms with Gasteiger partial charge in [-0.15, -0.1) is 0 Å². The number of epoxide rings is 1. The van der Waals surface area contributed by atoms with Crippen molar-refractivity contribution in [3.8, 4) is 5.75 Å². The highest BCUT2D eigenvalue weighted by molar-refractivity contribution is 5.89. The van der Waals surface area contributed by atoms with E-state index < -0.39 is 0 Å². The van der Waals surface area contributed by atoms with E-state index >= 15 is 0 Å². The van der Waals surface area contributed by atoms with Gasteiger partial charge < -0.3 is 14.2 Å². The minimum Gasteiger partial charge on any atom is -0.497 e. The van der Waals surface area contributed by atoms with Crippen molar-refractivity contribution in [2.24, 2.45) is 0 Å². The number of hydrogen-bond donors (Lipinski definition) is 0. The number of carbonyl (C=O) groups is 1. The van der Waals surface area contributed by atoms with Crippen molar-refractivity contribution in [2.45, 2.75) is 38.6 Å². The number of esters is 1. The zero-order chi connectivity index (χ0) is 13.0. The van der Waals surface area contributed by atoms with Crippen LogP contribution in [0.15, 0.2) is 24.3 Å². The van der Waals surface area contributed by atoms with Crippen LogP contribution >= 0.6 is 0 Å². The molecular weight excluding hydrogens is 232 g/mol. The molecule has 0 saturated carbocycles. The van der Waals surface area contributed by atoms with E-state index in [0.717, 1.165) is 25.0 Å². The Balaban J connectivity index is 1.81. The molecule has 1 aliphatic heterocycles. The number of carbonyl (C=O) groups excluding carboxylic acids is 1. The molecule has 0 bridgehead atoms. The Morgan fingerprint density at radius 1 is 1.33 bits per heavy atom. The third-order valence-electron chi connectivity index (χ3n) is 2.93. The molecule has 0 spiro atoms. The van der Waals surface area contributed by atoms with E-state index in [2.05, 4.69) is 6.92 Å². The van der Waals surface area contributed by atoms with Gasteiger partial charge in [0.2, 0.25) is 6.29 Å². The second-order valence-electron chi connectivity index (χ2n) is 4.32. The van der Waals surface area contributed by atoms with E-state index in [0.29, 0.717) is 5.56 Å². The molecule has 1 aromatic rings. The van der Waals surface area contributed by atoms with E-state index in [4.69, 9.17) is 14.2 Å². The largest absolute Gasteiger partial charge is 0.497 e. The van der Waals surface area contributed by atoms with E-state index in [1.807, 2.05) is 0 Å². The smallest absolute Gasteiger partial charge is 0.340 e. The molecule has 2 atom stereocenters. The zero-order valence-corrected chi connectivity index (χ0v) is 10.7. The highest BCUT2D eigenvalue weighted by atomic mass is 16.8. The van der Waals surface area contributed by atoms with Crippen LogP contribution in [0.1, 0.15) is 36.5 Å². The van der Waals surface area contributed by atoms with Gasteiger partial charge >= 0.3 is 5.97 Å². The number of ether oxygens (including phenoxy) is 3. The van der Waals surface area contributed by atoms with Gasteiger partial charge in [0.05, 0.1) is 12.7 Å². The summed E-state index contributed by atoms with van der Waals surface area (Å²) in [4.78, 5) is 11.8. The second-order valence-corrected chi connectivity index (χ2v) is 4.32. The SMILES string of the molecule is CCCC[C@@H]1O[C@@H]1OC(=O)c1ccc(OC)cc1. The van der Waals surface area contributed by atoms with E-state index in [1.54, 1.807) is 31.4 Å². The van der Waals surface area contributed by atoms with Gasteiger partial charge in [-0.3, -0.25) is 0 Å². The van der Waals surface area contributed by atoms with Gasteiger partial charge in [-0.05, 0) is 30.7 Å². The first-order valence-corrected chi connectivity index (χ1v) is 6.25. The maximum absolute atomic E-state index is 11.8. The average molecular weight is 250 g/mol. The molecule has 1 heterocycles. The van der Waals surface area contributed by atoms with Gasteiger partial charge in [0.15, 0.2) is 0 Å². The van der Waals surface area contributed by atoms with Gasteiger partial charge in [0, 0.05) is 0 Å². The summed E-state index contributed by atoms with van der Waals surface area (Å²) in [5.41, 5.74) is 0.514. The first kappa shape index (κ1) is 12.9. The van der Waals surface area contributed by atoms with Crippen molar-refractivity contribution in [1.82, 2.24) is 0 Å². The van der Waals surface area contributed by atoms with Crippen LogP contribution in [0, 0.1) is 0 Å². The lowest BCUT2D eigenvalue weighted by Gasteiger charge is -2.03. The Bertz CT molecular complexity index is 399. The third kappa shape index (κ3) is 3.23. The Morgan fingerprint density at radius 2 is 2.06 bits per heavy atom. The first-order valence-electron chi connectivity index (χ1n) is 6.25. The third-order valence-corrected chi connectivity index (χ3v) is 2.93. The summed E-state index contributed by atoms with van der Waals surface area (Å²) in [6, 6.07) is 6.84. The molecule has 2 rings (SSSR count). The first-order chi connectivity index (χ1) is 8.74. The molecule has 1 saturated heterocycles. The van der Waals surface area contributed by atoms with Gasteiger partial charge in [-0.1, -0.05) is 19.8 Å². The number of hydrogen-bond acceptors (Lipinski definition) is 4. The highest BCUT2D eigenvalue weighted by Gasteiger charge is 2.41. The van der Waals surface area contributed by atoms with Crippen LogP contribution in [-0.2, 0) is 9.47 Å².